The number of nitrogens with zero attached hydrogens (tertiary/aromatic N) is 2. The first-order valence-corrected chi connectivity index (χ1v) is 9.00. The molecular weight excluding hydrogens is 405 g/mol. The molecule has 1 N–H and O–H groups in total. The van der Waals surface area contributed by atoms with E-state index >= 15 is 0 Å². The maximum atomic E-state index is 6.20. The normalized spacial score (nSPS) is 10.6. The van der Waals surface area contributed by atoms with Crippen LogP contribution in [0.1, 0.15) is 5.56 Å². The number of hydrogen-bond donors (Lipinski definition) is 1. The standard InChI is InChI=1S/C19H19Cl2N3O4/c1-25-13-6-5-10(7-12(13)20)9-22-18-11-8-14(26-2)16(27-3)17(28-4)15(11)23-19(21)24-18/h5-8H,9H2,1-4H3,(H,22,23,24). The molecule has 0 bridgehead atoms. The van der Waals surface area contributed by atoms with Crippen LogP contribution in [0.2, 0.25) is 10.3 Å². The van der Waals surface area contributed by atoms with Crippen LogP contribution in [0.15, 0.2) is 24.3 Å². The van der Waals surface area contributed by atoms with E-state index in [9.17, 15) is 0 Å². The minimum Gasteiger partial charge on any atom is -0.495 e. The Balaban J connectivity index is 2.04. The van der Waals surface area contributed by atoms with Crippen molar-refractivity contribution in [2.75, 3.05) is 33.8 Å². The number of ether oxygens (including phenoxy) is 4. The van der Waals surface area contributed by atoms with E-state index in [1.807, 2.05) is 12.1 Å². The molecule has 148 valence electrons. The number of anilines is 1. The molecule has 0 fully saturated rings. The van der Waals surface area contributed by atoms with Crippen molar-refractivity contribution in [3.63, 3.8) is 0 Å². The van der Waals surface area contributed by atoms with Gasteiger partial charge in [-0.05, 0) is 35.4 Å². The maximum Gasteiger partial charge on any atom is 0.225 e. The molecule has 0 atom stereocenters. The summed E-state index contributed by atoms with van der Waals surface area (Å²) in [6.45, 7) is 0.461. The molecule has 28 heavy (non-hydrogen) atoms. The summed E-state index contributed by atoms with van der Waals surface area (Å²) in [7, 11) is 6.18. The second-order valence-corrected chi connectivity index (χ2v) is 6.45. The predicted octanol–water partition coefficient (Wildman–Crippen LogP) is 4.58. The molecule has 2 aromatic carbocycles. The average Bonchev–Trinajstić information content (AvgIpc) is 2.70. The van der Waals surface area contributed by atoms with Gasteiger partial charge in [-0.3, -0.25) is 0 Å². The first kappa shape index (κ1) is 20.1. The van der Waals surface area contributed by atoms with E-state index < -0.39 is 0 Å². The van der Waals surface area contributed by atoms with Gasteiger partial charge in [0.15, 0.2) is 11.5 Å². The topological polar surface area (TPSA) is 74.7 Å². The summed E-state index contributed by atoms with van der Waals surface area (Å²) in [6, 6.07) is 7.31. The van der Waals surface area contributed by atoms with Crippen molar-refractivity contribution in [3.05, 3.63) is 40.1 Å². The van der Waals surface area contributed by atoms with Gasteiger partial charge >= 0.3 is 0 Å². The third-order valence-electron chi connectivity index (χ3n) is 4.14. The molecule has 7 nitrogen and oxygen atoms in total. The van der Waals surface area contributed by atoms with E-state index in [0.29, 0.717) is 51.3 Å². The molecule has 3 aromatic rings. The lowest BCUT2D eigenvalue weighted by Gasteiger charge is -2.16. The van der Waals surface area contributed by atoms with Gasteiger partial charge in [0.05, 0.1) is 38.8 Å². The summed E-state index contributed by atoms with van der Waals surface area (Å²) in [5, 5.41) is 4.55. The molecule has 0 saturated carbocycles. The van der Waals surface area contributed by atoms with E-state index in [4.69, 9.17) is 42.1 Å². The van der Waals surface area contributed by atoms with Crippen molar-refractivity contribution >= 4 is 39.9 Å². The zero-order valence-electron chi connectivity index (χ0n) is 15.8. The Labute approximate surface area is 172 Å². The molecule has 0 saturated heterocycles. The van der Waals surface area contributed by atoms with Gasteiger partial charge in [-0.1, -0.05) is 17.7 Å². The lowest BCUT2D eigenvalue weighted by atomic mass is 10.1. The van der Waals surface area contributed by atoms with E-state index in [0.717, 1.165) is 5.56 Å². The van der Waals surface area contributed by atoms with Crippen molar-refractivity contribution in [2.24, 2.45) is 0 Å². The van der Waals surface area contributed by atoms with Crippen molar-refractivity contribution in [1.82, 2.24) is 9.97 Å². The number of aromatic nitrogens is 2. The van der Waals surface area contributed by atoms with E-state index in [2.05, 4.69) is 15.3 Å². The highest BCUT2D eigenvalue weighted by molar-refractivity contribution is 6.32. The first-order valence-electron chi connectivity index (χ1n) is 8.24. The Morgan fingerprint density at radius 1 is 0.857 bits per heavy atom. The van der Waals surface area contributed by atoms with Crippen molar-refractivity contribution in [2.45, 2.75) is 6.54 Å². The molecule has 0 radical (unpaired) electrons. The van der Waals surface area contributed by atoms with Gasteiger partial charge in [-0.25, -0.2) is 9.97 Å². The Morgan fingerprint density at radius 3 is 2.18 bits per heavy atom. The number of methoxy groups -OCH3 is 4. The number of fused-ring (bicyclic) bond motifs is 1. The molecule has 0 spiro atoms. The van der Waals surface area contributed by atoms with E-state index in [-0.39, 0.29) is 5.28 Å². The molecular formula is C19H19Cl2N3O4. The molecule has 0 aliphatic heterocycles. The fourth-order valence-corrected chi connectivity index (χ4v) is 3.29. The van der Waals surface area contributed by atoms with Gasteiger partial charge < -0.3 is 24.3 Å². The Kier molecular flexibility index (Phi) is 6.16. The molecule has 0 aliphatic rings. The summed E-state index contributed by atoms with van der Waals surface area (Å²) in [4.78, 5) is 8.61. The van der Waals surface area contributed by atoms with Gasteiger partial charge in [0.2, 0.25) is 11.0 Å². The molecule has 3 rings (SSSR count). The van der Waals surface area contributed by atoms with Crippen LogP contribution in [0.4, 0.5) is 5.82 Å². The quantitative estimate of drug-likeness (QED) is 0.557. The second-order valence-electron chi connectivity index (χ2n) is 5.71. The van der Waals surface area contributed by atoms with Gasteiger partial charge in [-0.2, -0.15) is 0 Å². The van der Waals surface area contributed by atoms with Crippen LogP contribution in [0, 0.1) is 0 Å². The van der Waals surface area contributed by atoms with Crippen LogP contribution >= 0.6 is 23.2 Å². The molecule has 0 amide bonds. The number of benzene rings is 2. The summed E-state index contributed by atoms with van der Waals surface area (Å²) < 4.78 is 21.5. The van der Waals surface area contributed by atoms with Crippen LogP contribution in [0.25, 0.3) is 10.9 Å². The second kappa shape index (κ2) is 8.58. The maximum absolute atomic E-state index is 6.20. The van der Waals surface area contributed by atoms with Crippen LogP contribution in [0.5, 0.6) is 23.0 Å². The zero-order valence-corrected chi connectivity index (χ0v) is 17.3. The number of halogens is 2. The average molecular weight is 424 g/mol. The predicted molar refractivity (Wildman–Crippen MR) is 110 cm³/mol. The SMILES string of the molecule is COc1ccc(CNc2nc(Cl)nc3c(OC)c(OC)c(OC)cc23)cc1Cl. The summed E-state index contributed by atoms with van der Waals surface area (Å²) in [5.74, 6) is 2.48. The van der Waals surface area contributed by atoms with Gasteiger partial charge in [-0.15, -0.1) is 0 Å². The van der Waals surface area contributed by atoms with Gasteiger partial charge in [0, 0.05) is 6.54 Å². The van der Waals surface area contributed by atoms with Crippen molar-refractivity contribution < 1.29 is 18.9 Å². The molecule has 0 aliphatic carbocycles. The van der Waals surface area contributed by atoms with Crippen LogP contribution in [-0.4, -0.2) is 38.4 Å². The monoisotopic (exact) mass is 423 g/mol. The minimum atomic E-state index is 0.0771. The lowest BCUT2D eigenvalue weighted by molar-refractivity contribution is 0.327. The Bertz CT molecular complexity index is 1010. The number of nitrogens with one attached hydrogen (secondary N) is 1. The number of rotatable bonds is 7. The van der Waals surface area contributed by atoms with E-state index in [1.165, 1.54) is 14.2 Å². The van der Waals surface area contributed by atoms with E-state index in [1.54, 1.807) is 26.4 Å². The lowest BCUT2D eigenvalue weighted by Crippen LogP contribution is -2.05. The van der Waals surface area contributed by atoms with Gasteiger partial charge in [0.1, 0.15) is 17.1 Å². The summed E-state index contributed by atoms with van der Waals surface area (Å²) in [6.07, 6.45) is 0. The van der Waals surface area contributed by atoms with Crippen molar-refractivity contribution in [3.8, 4) is 23.0 Å². The zero-order chi connectivity index (χ0) is 20.3. The van der Waals surface area contributed by atoms with Crippen LogP contribution in [0.3, 0.4) is 0 Å². The third kappa shape index (κ3) is 3.81. The largest absolute Gasteiger partial charge is 0.495 e. The van der Waals surface area contributed by atoms with Crippen LogP contribution in [-0.2, 0) is 6.54 Å². The molecule has 9 heteroatoms. The fourth-order valence-electron chi connectivity index (χ4n) is 2.84. The fraction of sp³-hybridized carbons (Fsp3) is 0.263. The van der Waals surface area contributed by atoms with Gasteiger partial charge in [0.25, 0.3) is 0 Å². The minimum absolute atomic E-state index is 0.0771. The molecule has 1 aromatic heterocycles. The highest BCUT2D eigenvalue weighted by atomic mass is 35.5. The molecule has 1 heterocycles. The third-order valence-corrected chi connectivity index (χ3v) is 4.61. The summed E-state index contributed by atoms with van der Waals surface area (Å²) in [5.41, 5.74) is 1.46. The Morgan fingerprint density at radius 2 is 1.57 bits per heavy atom. The summed E-state index contributed by atoms with van der Waals surface area (Å²) >= 11 is 12.3. The highest BCUT2D eigenvalue weighted by Crippen LogP contribution is 2.44. The van der Waals surface area contributed by atoms with Crippen LogP contribution < -0.4 is 24.3 Å². The Hall–Kier alpha value is -2.64. The molecule has 0 unspecified atom stereocenters. The first-order chi connectivity index (χ1) is 13.5. The smallest absolute Gasteiger partial charge is 0.225 e. The number of hydrogen-bond acceptors (Lipinski definition) is 7. The van der Waals surface area contributed by atoms with Crippen molar-refractivity contribution in [1.29, 1.82) is 0 Å². The highest BCUT2D eigenvalue weighted by Gasteiger charge is 2.20.